The topological polar surface area (TPSA) is 95.5 Å². The van der Waals surface area contributed by atoms with Crippen molar-refractivity contribution in [3.63, 3.8) is 0 Å². The van der Waals surface area contributed by atoms with Gasteiger partial charge in [-0.3, -0.25) is 4.79 Å². The van der Waals surface area contributed by atoms with Crippen LogP contribution in [0.4, 0.5) is 5.69 Å². The SMILES string of the molecule is CNS(=O)(=O)c1ccc(Cl)c(C(=O)Nc2cccc(O)c2)c1. The molecule has 0 bridgehead atoms. The Morgan fingerprint density at radius 1 is 1.18 bits per heavy atom. The van der Waals surface area contributed by atoms with Gasteiger partial charge >= 0.3 is 0 Å². The standard InChI is InChI=1S/C14H13ClN2O4S/c1-16-22(20,21)11-5-6-13(15)12(8-11)14(19)17-9-3-2-4-10(18)7-9/h2-8,16,18H,1H3,(H,17,19). The highest BCUT2D eigenvalue weighted by molar-refractivity contribution is 7.89. The van der Waals surface area contributed by atoms with Crippen LogP contribution in [0.25, 0.3) is 0 Å². The largest absolute Gasteiger partial charge is 0.508 e. The molecule has 2 rings (SSSR count). The molecule has 22 heavy (non-hydrogen) atoms. The number of phenols is 1. The maximum Gasteiger partial charge on any atom is 0.257 e. The molecule has 0 heterocycles. The first-order valence-corrected chi connectivity index (χ1v) is 8.03. The molecule has 1 amide bonds. The third kappa shape index (κ3) is 3.56. The molecule has 0 spiro atoms. The second-order valence-electron chi connectivity index (χ2n) is 4.35. The van der Waals surface area contributed by atoms with Gasteiger partial charge in [0.05, 0.1) is 15.5 Å². The van der Waals surface area contributed by atoms with E-state index in [4.69, 9.17) is 11.6 Å². The zero-order valence-corrected chi connectivity index (χ0v) is 13.1. The van der Waals surface area contributed by atoms with Gasteiger partial charge in [0.2, 0.25) is 10.0 Å². The van der Waals surface area contributed by atoms with E-state index < -0.39 is 15.9 Å². The Morgan fingerprint density at radius 3 is 2.55 bits per heavy atom. The Morgan fingerprint density at radius 2 is 1.91 bits per heavy atom. The van der Waals surface area contributed by atoms with Crippen LogP contribution in [0.5, 0.6) is 5.75 Å². The fourth-order valence-corrected chi connectivity index (χ4v) is 2.70. The van der Waals surface area contributed by atoms with Crippen molar-refractivity contribution in [2.45, 2.75) is 4.90 Å². The van der Waals surface area contributed by atoms with Crippen LogP contribution < -0.4 is 10.0 Å². The molecular formula is C14H13ClN2O4S. The first kappa shape index (κ1) is 16.3. The lowest BCUT2D eigenvalue weighted by Crippen LogP contribution is -2.20. The molecule has 0 atom stereocenters. The smallest absolute Gasteiger partial charge is 0.257 e. The second kappa shape index (κ2) is 6.35. The number of hydrogen-bond acceptors (Lipinski definition) is 4. The molecule has 0 fully saturated rings. The van der Waals surface area contributed by atoms with Gasteiger partial charge < -0.3 is 10.4 Å². The van der Waals surface area contributed by atoms with Gasteiger partial charge in [0.25, 0.3) is 5.91 Å². The van der Waals surface area contributed by atoms with Gasteiger partial charge in [-0.15, -0.1) is 0 Å². The Kier molecular flexibility index (Phi) is 4.70. The van der Waals surface area contributed by atoms with E-state index in [-0.39, 0.29) is 21.2 Å². The van der Waals surface area contributed by atoms with E-state index in [2.05, 4.69) is 10.0 Å². The first-order valence-electron chi connectivity index (χ1n) is 6.17. The van der Waals surface area contributed by atoms with Crippen molar-refractivity contribution in [3.05, 3.63) is 53.1 Å². The molecule has 0 aliphatic heterocycles. The Labute approximate surface area is 132 Å². The van der Waals surface area contributed by atoms with E-state index >= 15 is 0 Å². The minimum absolute atomic E-state index is 0.00425. The summed E-state index contributed by atoms with van der Waals surface area (Å²) in [6.07, 6.45) is 0. The van der Waals surface area contributed by atoms with Crippen molar-refractivity contribution >= 4 is 33.2 Å². The maximum absolute atomic E-state index is 12.2. The molecule has 2 aromatic rings. The number of anilines is 1. The maximum atomic E-state index is 12.2. The summed E-state index contributed by atoms with van der Waals surface area (Å²) in [7, 11) is -2.40. The average Bonchev–Trinajstić information content (AvgIpc) is 2.47. The van der Waals surface area contributed by atoms with Crippen LogP contribution in [0.1, 0.15) is 10.4 Å². The van der Waals surface area contributed by atoms with Crippen molar-refractivity contribution in [3.8, 4) is 5.75 Å². The number of phenolic OH excluding ortho intramolecular Hbond substituents is 1. The number of hydrogen-bond donors (Lipinski definition) is 3. The van der Waals surface area contributed by atoms with E-state index in [9.17, 15) is 18.3 Å². The van der Waals surface area contributed by atoms with Gasteiger partial charge in [-0.2, -0.15) is 0 Å². The molecule has 0 aliphatic rings. The number of halogens is 1. The fraction of sp³-hybridized carbons (Fsp3) is 0.0714. The second-order valence-corrected chi connectivity index (χ2v) is 6.65. The third-order valence-electron chi connectivity index (χ3n) is 2.87. The van der Waals surface area contributed by atoms with Crippen LogP contribution in [0, 0.1) is 0 Å². The van der Waals surface area contributed by atoms with Crippen LogP contribution in [0.2, 0.25) is 5.02 Å². The number of carbonyl (C=O) groups excluding carboxylic acids is 1. The molecule has 0 aliphatic carbocycles. The number of sulfonamides is 1. The van der Waals surface area contributed by atoms with Crippen molar-refractivity contribution < 1.29 is 18.3 Å². The monoisotopic (exact) mass is 340 g/mol. The van der Waals surface area contributed by atoms with Crippen LogP contribution in [0.15, 0.2) is 47.4 Å². The molecule has 0 aromatic heterocycles. The van der Waals surface area contributed by atoms with Crippen molar-refractivity contribution in [1.82, 2.24) is 4.72 Å². The van der Waals surface area contributed by atoms with Crippen LogP contribution in [0.3, 0.4) is 0 Å². The average molecular weight is 341 g/mol. The number of nitrogens with one attached hydrogen (secondary N) is 2. The van der Waals surface area contributed by atoms with Gasteiger partial charge in [0, 0.05) is 11.8 Å². The molecular weight excluding hydrogens is 328 g/mol. The predicted molar refractivity (Wildman–Crippen MR) is 83.8 cm³/mol. The van der Waals surface area contributed by atoms with Crippen LogP contribution >= 0.6 is 11.6 Å². The Hall–Kier alpha value is -2.09. The van der Waals surface area contributed by atoms with Crippen LogP contribution in [-0.2, 0) is 10.0 Å². The minimum Gasteiger partial charge on any atom is -0.508 e. The fourth-order valence-electron chi connectivity index (χ4n) is 1.75. The molecule has 6 nitrogen and oxygen atoms in total. The summed E-state index contributed by atoms with van der Waals surface area (Å²) >= 11 is 5.96. The molecule has 0 saturated carbocycles. The van der Waals surface area contributed by atoms with Crippen molar-refractivity contribution in [2.75, 3.05) is 12.4 Å². The molecule has 116 valence electrons. The number of aromatic hydroxyl groups is 1. The van der Waals surface area contributed by atoms with Gasteiger partial charge in [-0.05, 0) is 37.4 Å². The Balaban J connectivity index is 2.35. The molecule has 3 N–H and O–H groups in total. The molecule has 0 radical (unpaired) electrons. The summed E-state index contributed by atoms with van der Waals surface area (Å²) in [6, 6.07) is 9.80. The van der Waals surface area contributed by atoms with E-state index in [1.54, 1.807) is 12.1 Å². The summed E-state index contributed by atoms with van der Waals surface area (Å²) < 4.78 is 25.7. The lowest BCUT2D eigenvalue weighted by Gasteiger charge is -2.09. The normalized spacial score (nSPS) is 11.2. The number of benzene rings is 2. The summed E-state index contributed by atoms with van der Waals surface area (Å²) in [4.78, 5) is 12.2. The van der Waals surface area contributed by atoms with E-state index in [0.717, 1.165) is 0 Å². The van der Waals surface area contributed by atoms with Crippen molar-refractivity contribution in [2.24, 2.45) is 0 Å². The number of amides is 1. The highest BCUT2D eigenvalue weighted by Crippen LogP contribution is 2.22. The molecule has 2 aromatic carbocycles. The zero-order valence-electron chi connectivity index (χ0n) is 11.5. The van der Waals surface area contributed by atoms with E-state index in [1.807, 2.05) is 0 Å². The number of rotatable bonds is 4. The summed E-state index contributed by atoms with van der Waals surface area (Å²) in [5.74, 6) is -0.584. The van der Waals surface area contributed by atoms with Gasteiger partial charge in [-0.1, -0.05) is 17.7 Å². The first-order chi connectivity index (χ1) is 10.3. The van der Waals surface area contributed by atoms with Crippen LogP contribution in [-0.4, -0.2) is 26.5 Å². The van der Waals surface area contributed by atoms with Gasteiger partial charge in [0.15, 0.2) is 0 Å². The highest BCUT2D eigenvalue weighted by Gasteiger charge is 2.17. The highest BCUT2D eigenvalue weighted by atomic mass is 35.5. The summed E-state index contributed by atoms with van der Waals surface area (Å²) in [5, 5.41) is 12.0. The summed E-state index contributed by atoms with van der Waals surface area (Å²) in [5.41, 5.74) is 0.379. The Bertz CT molecular complexity index is 821. The molecule has 0 saturated heterocycles. The third-order valence-corrected chi connectivity index (χ3v) is 4.61. The van der Waals surface area contributed by atoms with E-state index in [1.165, 1.54) is 37.4 Å². The quantitative estimate of drug-likeness (QED) is 0.795. The lowest BCUT2D eigenvalue weighted by molar-refractivity contribution is 0.102. The van der Waals surface area contributed by atoms with E-state index in [0.29, 0.717) is 5.69 Å². The number of carbonyl (C=O) groups is 1. The molecule has 0 unspecified atom stereocenters. The minimum atomic E-state index is -3.68. The van der Waals surface area contributed by atoms with Gasteiger partial charge in [0.1, 0.15) is 5.75 Å². The molecule has 8 heteroatoms. The summed E-state index contributed by atoms with van der Waals surface area (Å²) in [6.45, 7) is 0. The zero-order chi connectivity index (χ0) is 16.3. The van der Waals surface area contributed by atoms with Gasteiger partial charge in [-0.25, -0.2) is 13.1 Å². The lowest BCUT2D eigenvalue weighted by atomic mass is 10.2. The van der Waals surface area contributed by atoms with Crippen molar-refractivity contribution in [1.29, 1.82) is 0 Å². The predicted octanol–water partition coefficient (Wildman–Crippen LogP) is 2.21.